The van der Waals surface area contributed by atoms with Gasteiger partial charge < -0.3 is 9.30 Å². The second-order valence-corrected chi connectivity index (χ2v) is 5.60. The number of hydrogen-bond donors (Lipinski definition) is 0. The van der Waals surface area contributed by atoms with Gasteiger partial charge in [0.1, 0.15) is 12.9 Å². The van der Waals surface area contributed by atoms with Crippen LogP contribution in [0.4, 0.5) is 4.79 Å². The van der Waals surface area contributed by atoms with Crippen LogP contribution >= 0.6 is 0 Å². The van der Waals surface area contributed by atoms with E-state index in [0.29, 0.717) is 17.3 Å². The number of ether oxygens (including phenoxy) is 1. The summed E-state index contributed by atoms with van der Waals surface area (Å²) in [4.78, 5) is 28.4. The molecule has 0 N–H and O–H groups in total. The maximum atomic E-state index is 12.7. The Bertz CT molecular complexity index is 1050. The molecular formula is C19H15N3O3. The highest BCUT2D eigenvalue weighted by Crippen LogP contribution is 2.18. The summed E-state index contributed by atoms with van der Waals surface area (Å²) < 4.78 is 8.59. The summed E-state index contributed by atoms with van der Waals surface area (Å²) in [6.45, 7) is 0.635. The standard InChI is InChI=1S/C19H15N3O3/c23-18-14-5-1-3-7-16(14)22(17-8-4-2-6-15(17)18)11-12-25-19(24)21-10-9-20-13-21/h1-10,13H,11-12H2. The van der Waals surface area contributed by atoms with Gasteiger partial charge in [-0.3, -0.25) is 4.79 Å². The SMILES string of the molecule is O=C(OCCn1c2ccccc2c(=O)c2ccccc21)n1ccnc1. The second kappa shape index (κ2) is 6.24. The first-order valence-corrected chi connectivity index (χ1v) is 7.91. The Morgan fingerprint density at radius 1 is 1.00 bits per heavy atom. The van der Waals surface area contributed by atoms with Gasteiger partial charge in [0.25, 0.3) is 0 Å². The number of imidazole rings is 1. The van der Waals surface area contributed by atoms with Crippen molar-refractivity contribution in [3.8, 4) is 0 Å². The van der Waals surface area contributed by atoms with Crippen LogP contribution in [0.1, 0.15) is 0 Å². The highest BCUT2D eigenvalue weighted by atomic mass is 16.5. The molecule has 0 radical (unpaired) electrons. The molecule has 0 aliphatic heterocycles. The third-order valence-corrected chi connectivity index (χ3v) is 4.13. The monoisotopic (exact) mass is 333 g/mol. The highest BCUT2D eigenvalue weighted by Gasteiger charge is 2.11. The zero-order valence-electron chi connectivity index (χ0n) is 13.3. The number of carbonyl (C=O) groups excluding carboxylic acids is 1. The van der Waals surface area contributed by atoms with E-state index < -0.39 is 6.09 Å². The molecule has 0 saturated carbocycles. The van der Waals surface area contributed by atoms with Crippen LogP contribution in [-0.4, -0.2) is 26.8 Å². The number of nitrogens with zero attached hydrogens (tertiary/aromatic N) is 3. The van der Waals surface area contributed by atoms with Crippen LogP contribution < -0.4 is 5.43 Å². The molecule has 6 nitrogen and oxygen atoms in total. The van der Waals surface area contributed by atoms with Gasteiger partial charge in [0, 0.05) is 23.2 Å². The molecule has 0 amide bonds. The first-order valence-electron chi connectivity index (χ1n) is 7.91. The van der Waals surface area contributed by atoms with Gasteiger partial charge in [-0.1, -0.05) is 24.3 Å². The van der Waals surface area contributed by atoms with E-state index in [1.807, 2.05) is 53.1 Å². The van der Waals surface area contributed by atoms with E-state index in [-0.39, 0.29) is 12.0 Å². The zero-order chi connectivity index (χ0) is 17.2. The molecule has 6 heteroatoms. The Labute approximate surface area is 142 Å². The lowest BCUT2D eigenvalue weighted by atomic mass is 10.1. The van der Waals surface area contributed by atoms with Crippen molar-refractivity contribution in [2.75, 3.05) is 6.61 Å². The smallest absolute Gasteiger partial charge is 0.419 e. The average molecular weight is 333 g/mol. The highest BCUT2D eigenvalue weighted by molar-refractivity contribution is 5.93. The lowest BCUT2D eigenvalue weighted by molar-refractivity contribution is 0.144. The van der Waals surface area contributed by atoms with Gasteiger partial charge in [0.2, 0.25) is 0 Å². The molecular weight excluding hydrogens is 318 g/mol. The summed E-state index contributed by atoms with van der Waals surface area (Å²) in [6, 6.07) is 14.9. The largest absolute Gasteiger partial charge is 0.447 e. The van der Waals surface area contributed by atoms with Crippen molar-refractivity contribution in [1.82, 2.24) is 14.1 Å². The predicted molar refractivity (Wildman–Crippen MR) is 94.7 cm³/mol. The molecule has 0 fully saturated rings. The quantitative estimate of drug-likeness (QED) is 0.541. The molecule has 0 saturated heterocycles. The third-order valence-electron chi connectivity index (χ3n) is 4.13. The topological polar surface area (TPSA) is 66.1 Å². The van der Waals surface area contributed by atoms with Gasteiger partial charge in [-0.2, -0.15) is 0 Å². The van der Waals surface area contributed by atoms with Crippen molar-refractivity contribution in [3.05, 3.63) is 77.5 Å². The molecule has 4 aromatic rings. The van der Waals surface area contributed by atoms with Crippen LogP contribution in [-0.2, 0) is 11.3 Å². The van der Waals surface area contributed by atoms with E-state index >= 15 is 0 Å². The lowest BCUT2D eigenvalue weighted by Gasteiger charge is -2.15. The van der Waals surface area contributed by atoms with Crippen molar-refractivity contribution in [2.45, 2.75) is 6.54 Å². The summed E-state index contributed by atoms with van der Waals surface area (Å²) in [6.07, 6.45) is 3.97. The van der Waals surface area contributed by atoms with Crippen LogP contribution in [0.5, 0.6) is 0 Å². The number of aromatic nitrogens is 3. The molecule has 0 aliphatic carbocycles. The number of benzene rings is 2. The van der Waals surface area contributed by atoms with Gasteiger partial charge in [-0.15, -0.1) is 0 Å². The summed E-state index contributed by atoms with van der Waals surface area (Å²) in [7, 11) is 0. The van der Waals surface area contributed by atoms with Gasteiger partial charge in [-0.25, -0.2) is 14.3 Å². The van der Waals surface area contributed by atoms with Crippen molar-refractivity contribution < 1.29 is 9.53 Å². The Morgan fingerprint density at radius 2 is 1.64 bits per heavy atom. The molecule has 124 valence electrons. The van der Waals surface area contributed by atoms with Gasteiger partial charge in [0.15, 0.2) is 5.43 Å². The molecule has 2 heterocycles. The van der Waals surface area contributed by atoms with Gasteiger partial charge >= 0.3 is 6.09 Å². The minimum atomic E-state index is -0.479. The van der Waals surface area contributed by atoms with Crippen LogP contribution in [0.15, 0.2) is 72.0 Å². The second-order valence-electron chi connectivity index (χ2n) is 5.60. The minimum Gasteiger partial charge on any atom is -0.447 e. The van der Waals surface area contributed by atoms with Crippen LogP contribution in [0.2, 0.25) is 0 Å². The van der Waals surface area contributed by atoms with Crippen molar-refractivity contribution in [2.24, 2.45) is 0 Å². The maximum absolute atomic E-state index is 12.7. The molecule has 4 rings (SSSR count). The Hall–Kier alpha value is -3.41. The number of fused-ring (bicyclic) bond motifs is 2. The first-order chi connectivity index (χ1) is 12.3. The van der Waals surface area contributed by atoms with Crippen LogP contribution in [0, 0.1) is 0 Å². The number of carbonyl (C=O) groups is 1. The third kappa shape index (κ3) is 2.67. The van der Waals surface area contributed by atoms with Crippen LogP contribution in [0.25, 0.3) is 21.8 Å². The molecule has 2 aromatic carbocycles. The molecule has 0 atom stereocenters. The Kier molecular flexibility index (Phi) is 3.78. The molecule has 0 unspecified atom stereocenters. The van der Waals surface area contributed by atoms with Crippen LogP contribution in [0.3, 0.4) is 0 Å². The summed E-state index contributed by atoms with van der Waals surface area (Å²) >= 11 is 0. The summed E-state index contributed by atoms with van der Waals surface area (Å²) in [5.41, 5.74) is 1.66. The number of rotatable bonds is 3. The normalized spacial score (nSPS) is 11.0. The lowest BCUT2D eigenvalue weighted by Crippen LogP contribution is -2.18. The summed E-state index contributed by atoms with van der Waals surface area (Å²) in [5.74, 6) is 0. The Morgan fingerprint density at radius 3 is 2.24 bits per heavy atom. The number of para-hydroxylation sites is 2. The minimum absolute atomic E-state index is 0.0119. The summed E-state index contributed by atoms with van der Waals surface area (Å²) in [5, 5.41) is 1.31. The van der Waals surface area contributed by atoms with E-state index in [0.717, 1.165) is 11.0 Å². The molecule has 0 bridgehead atoms. The molecule has 25 heavy (non-hydrogen) atoms. The molecule has 2 aromatic heterocycles. The van der Waals surface area contributed by atoms with Crippen molar-refractivity contribution in [1.29, 1.82) is 0 Å². The van der Waals surface area contributed by atoms with Gasteiger partial charge in [0.05, 0.1) is 17.6 Å². The van der Waals surface area contributed by atoms with E-state index in [9.17, 15) is 9.59 Å². The van der Waals surface area contributed by atoms with Crippen molar-refractivity contribution in [3.63, 3.8) is 0 Å². The zero-order valence-corrected chi connectivity index (χ0v) is 13.3. The van der Waals surface area contributed by atoms with E-state index in [1.54, 1.807) is 0 Å². The van der Waals surface area contributed by atoms with Crippen molar-refractivity contribution >= 4 is 27.9 Å². The number of pyridine rings is 1. The number of hydrogen-bond acceptors (Lipinski definition) is 4. The van der Waals surface area contributed by atoms with Gasteiger partial charge in [-0.05, 0) is 24.3 Å². The molecule has 0 aliphatic rings. The van der Waals surface area contributed by atoms with E-state index in [2.05, 4.69) is 4.98 Å². The maximum Gasteiger partial charge on any atom is 0.419 e. The fourth-order valence-corrected chi connectivity index (χ4v) is 2.98. The first kappa shape index (κ1) is 15.1. The Balaban J connectivity index is 1.71. The average Bonchev–Trinajstić information content (AvgIpc) is 3.19. The fraction of sp³-hybridized carbons (Fsp3) is 0.105. The van der Waals surface area contributed by atoms with E-state index in [1.165, 1.54) is 23.3 Å². The molecule has 0 spiro atoms. The van der Waals surface area contributed by atoms with E-state index in [4.69, 9.17) is 4.74 Å². The predicted octanol–water partition coefficient (Wildman–Crippen LogP) is 3.04. The fourth-order valence-electron chi connectivity index (χ4n) is 2.98.